The van der Waals surface area contributed by atoms with Gasteiger partial charge in [-0.15, -0.1) is 0 Å². The minimum Gasteiger partial charge on any atom is -0.347 e. The second-order valence-electron chi connectivity index (χ2n) is 6.45. The third kappa shape index (κ3) is 5.14. The number of rotatable bonds is 6. The van der Waals surface area contributed by atoms with Gasteiger partial charge in [-0.25, -0.2) is 4.98 Å². The molecule has 0 aliphatic rings. The van der Waals surface area contributed by atoms with E-state index in [1.165, 1.54) is 17.4 Å². The molecular formula is C21H20F3N3OS. The molecule has 3 rings (SSSR count). The number of amides is 1. The number of carbonyl (C=O) groups excluding carboxylic acids is 1. The van der Waals surface area contributed by atoms with Crippen LogP contribution in [0.15, 0.2) is 48.5 Å². The summed E-state index contributed by atoms with van der Waals surface area (Å²) in [4.78, 5) is 17.3. The highest BCUT2D eigenvalue weighted by Crippen LogP contribution is 2.30. The molecule has 0 unspecified atom stereocenters. The fourth-order valence-corrected chi connectivity index (χ4v) is 3.74. The predicted octanol–water partition coefficient (Wildman–Crippen LogP) is 5.71. The van der Waals surface area contributed by atoms with Gasteiger partial charge in [0.05, 0.1) is 11.3 Å². The van der Waals surface area contributed by atoms with Crippen molar-refractivity contribution in [3.05, 3.63) is 75.8 Å². The van der Waals surface area contributed by atoms with E-state index in [-0.39, 0.29) is 12.5 Å². The number of aromatic nitrogens is 1. The van der Waals surface area contributed by atoms with Gasteiger partial charge in [0.1, 0.15) is 4.88 Å². The van der Waals surface area contributed by atoms with Crippen LogP contribution in [0.1, 0.15) is 39.0 Å². The maximum absolute atomic E-state index is 12.8. The Bertz CT molecular complexity index is 1010. The van der Waals surface area contributed by atoms with E-state index in [2.05, 4.69) is 22.5 Å². The molecule has 3 aromatic rings. The Hall–Kier alpha value is -2.87. The number of hydrogen-bond donors (Lipinski definition) is 2. The molecule has 4 nitrogen and oxygen atoms in total. The van der Waals surface area contributed by atoms with Crippen molar-refractivity contribution in [1.29, 1.82) is 0 Å². The summed E-state index contributed by atoms with van der Waals surface area (Å²) in [6.45, 7) is 3.79. The monoisotopic (exact) mass is 419 g/mol. The zero-order valence-corrected chi connectivity index (χ0v) is 16.7. The molecule has 0 aliphatic heterocycles. The topological polar surface area (TPSA) is 54.0 Å². The zero-order chi connectivity index (χ0) is 21.0. The van der Waals surface area contributed by atoms with Crippen LogP contribution in [-0.2, 0) is 19.1 Å². The van der Waals surface area contributed by atoms with Crippen LogP contribution in [0.25, 0.3) is 0 Å². The van der Waals surface area contributed by atoms with Gasteiger partial charge in [-0.05, 0) is 42.7 Å². The van der Waals surface area contributed by atoms with Crippen LogP contribution < -0.4 is 10.6 Å². The molecule has 0 fully saturated rings. The van der Waals surface area contributed by atoms with Crippen molar-refractivity contribution >= 4 is 28.1 Å². The highest BCUT2D eigenvalue weighted by Gasteiger charge is 2.30. The summed E-state index contributed by atoms with van der Waals surface area (Å²) >= 11 is 1.21. The molecule has 0 saturated carbocycles. The summed E-state index contributed by atoms with van der Waals surface area (Å²) in [5, 5.41) is 6.50. The van der Waals surface area contributed by atoms with Crippen molar-refractivity contribution < 1.29 is 18.0 Å². The number of nitrogens with one attached hydrogen (secondary N) is 2. The average molecular weight is 419 g/mol. The average Bonchev–Trinajstić information content (AvgIpc) is 3.06. The second kappa shape index (κ2) is 8.65. The Kier molecular flexibility index (Phi) is 6.22. The van der Waals surface area contributed by atoms with Gasteiger partial charge in [0.2, 0.25) is 0 Å². The molecule has 152 valence electrons. The lowest BCUT2D eigenvalue weighted by molar-refractivity contribution is -0.137. The molecule has 2 aromatic carbocycles. The van der Waals surface area contributed by atoms with Crippen LogP contribution in [0.5, 0.6) is 0 Å². The SMILES string of the molecule is CCc1ccccc1Nc1nc(C)c(C(=O)NCc2cccc(C(F)(F)F)c2)s1. The van der Waals surface area contributed by atoms with Crippen LogP contribution in [0.3, 0.4) is 0 Å². The minimum absolute atomic E-state index is 0.00151. The van der Waals surface area contributed by atoms with Gasteiger partial charge in [0.15, 0.2) is 5.13 Å². The summed E-state index contributed by atoms with van der Waals surface area (Å²) < 4.78 is 38.5. The second-order valence-corrected chi connectivity index (χ2v) is 7.45. The quantitative estimate of drug-likeness (QED) is 0.538. The number of carbonyl (C=O) groups is 1. The third-order valence-corrected chi connectivity index (χ3v) is 5.42. The number of thiazole rings is 1. The lowest BCUT2D eigenvalue weighted by atomic mass is 10.1. The van der Waals surface area contributed by atoms with Crippen molar-refractivity contribution in [2.24, 2.45) is 0 Å². The molecule has 0 bridgehead atoms. The summed E-state index contributed by atoms with van der Waals surface area (Å²) in [6.07, 6.45) is -3.55. The highest BCUT2D eigenvalue weighted by molar-refractivity contribution is 7.17. The number of halogens is 3. The summed E-state index contributed by atoms with van der Waals surface area (Å²) in [7, 11) is 0. The standard InChI is InChI=1S/C21H20F3N3OS/c1-3-15-8-4-5-10-17(15)27-20-26-13(2)18(29-20)19(28)25-12-14-7-6-9-16(11-14)21(22,23)24/h4-11H,3,12H2,1-2H3,(H,25,28)(H,26,27). The number of alkyl halides is 3. The van der Waals surface area contributed by atoms with E-state index in [9.17, 15) is 18.0 Å². The largest absolute Gasteiger partial charge is 0.416 e. The molecule has 2 N–H and O–H groups in total. The van der Waals surface area contributed by atoms with Crippen molar-refractivity contribution in [3.63, 3.8) is 0 Å². The third-order valence-electron chi connectivity index (χ3n) is 4.35. The molecule has 1 heterocycles. The van der Waals surface area contributed by atoms with E-state index in [1.54, 1.807) is 13.0 Å². The van der Waals surface area contributed by atoms with Gasteiger partial charge in [-0.1, -0.05) is 48.6 Å². The molecule has 1 aromatic heterocycles. The number of nitrogens with zero attached hydrogens (tertiary/aromatic N) is 1. The van der Waals surface area contributed by atoms with Gasteiger partial charge < -0.3 is 10.6 Å². The van der Waals surface area contributed by atoms with E-state index in [1.807, 2.05) is 24.3 Å². The van der Waals surface area contributed by atoms with Crippen molar-refractivity contribution in [3.8, 4) is 0 Å². The molecule has 0 atom stereocenters. The van der Waals surface area contributed by atoms with E-state index >= 15 is 0 Å². The molecule has 29 heavy (non-hydrogen) atoms. The van der Waals surface area contributed by atoms with E-state index in [4.69, 9.17) is 0 Å². The van der Waals surface area contributed by atoms with Gasteiger partial charge >= 0.3 is 6.18 Å². The van der Waals surface area contributed by atoms with Crippen LogP contribution in [0.4, 0.5) is 24.0 Å². The predicted molar refractivity (Wildman–Crippen MR) is 109 cm³/mol. The summed E-state index contributed by atoms with van der Waals surface area (Å²) in [5.74, 6) is -0.366. The molecule has 0 spiro atoms. The maximum atomic E-state index is 12.8. The Morgan fingerprint density at radius 1 is 1.14 bits per heavy atom. The highest BCUT2D eigenvalue weighted by atomic mass is 32.1. The van der Waals surface area contributed by atoms with Gasteiger partial charge in [-0.2, -0.15) is 13.2 Å². The first-order chi connectivity index (χ1) is 13.8. The zero-order valence-electron chi connectivity index (χ0n) is 15.9. The summed E-state index contributed by atoms with van der Waals surface area (Å²) in [5.41, 5.74) is 2.27. The van der Waals surface area contributed by atoms with Gasteiger partial charge in [-0.3, -0.25) is 4.79 Å². The van der Waals surface area contributed by atoms with Crippen molar-refractivity contribution in [2.75, 3.05) is 5.32 Å². The van der Waals surface area contributed by atoms with Crippen LogP contribution >= 0.6 is 11.3 Å². The Labute approximate surface area is 170 Å². The minimum atomic E-state index is -4.41. The molecule has 8 heteroatoms. The lowest BCUT2D eigenvalue weighted by Crippen LogP contribution is -2.22. The molecule has 1 amide bonds. The van der Waals surface area contributed by atoms with Crippen LogP contribution in [0, 0.1) is 6.92 Å². The van der Waals surface area contributed by atoms with E-state index < -0.39 is 11.7 Å². The molecule has 0 radical (unpaired) electrons. The Morgan fingerprint density at radius 2 is 1.90 bits per heavy atom. The van der Waals surface area contributed by atoms with Crippen molar-refractivity contribution in [2.45, 2.75) is 33.0 Å². The molecule has 0 aliphatic carbocycles. The number of aryl methyl sites for hydroxylation is 2. The number of anilines is 2. The normalized spacial score (nSPS) is 11.3. The Morgan fingerprint density at radius 3 is 2.62 bits per heavy atom. The first-order valence-corrected chi connectivity index (χ1v) is 9.86. The fourth-order valence-electron chi connectivity index (χ4n) is 2.85. The Balaban J connectivity index is 1.69. The van der Waals surface area contributed by atoms with Gasteiger partial charge in [0, 0.05) is 12.2 Å². The molecule has 0 saturated heterocycles. The maximum Gasteiger partial charge on any atom is 0.416 e. The van der Waals surface area contributed by atoms with E-state index in [0.29, 0.717) is 21.3 Å². The van der Waals surface area contributed by atoms with Gasteiger partial charge in [0.25, 0.3) is 5.91 Å². The molecular weight excluding hydrogens is 399 g/mol. The van der Waals surface area contributed by atoms with E-state index in [0.717, 1.165) is 29.8 Å². The number of para-hydroxylation sites is 1. The smallest absolute Gasteiger partial charge is 0.347 e. The van der Waals surface area contributed by atoms with Crippen LogP contribution in [0.2, 0.25) is 0 Å². The first-order valence-electron chi connectivity index (χ1n) is 9.04. The number of hydrogen-bond acceptors (Lipinski definition) is 4. The van der Waals surface area contributed by atoms with Crippen LogP contribution in [-0.4, -0.2) is 10.9 Å². The lowest BCUT2D eigenvalue weighted by Gasteiger charge is -2.09. The fraction of sp³-hybridized carbons (Fsp3) is 0.238. The van der Waals surface area contributed by atoms with Crippen molar-refractivity contribution in [1.82, 2.24) is 10.3 Å². The number of benzene rings is 2. The summed E-state index contributed by atoms with van der Waals surface area (Å²) in [6, 6.07) is 12.8. The first kappa shape index (κ1) is 20.9.